The molecule has 2 aliphatic rings. The van der Waals surface area contributed by atoms with Crippen LogP contribution in [0.1, 0.15) is 17.2 Å². The van der Waals surface area contributed by atoms with Crippen molar-refractivity contribution in [2.45, 2.75) is 24.5 Å². The summed E-state index contributed by atoms with van der Waals surface area (Å²) in [7, 11) is 0. The number of fused-ring (bicyclic) bond motifs is 1. The van der Waals surface area contributed by atoms with Crippen molar-refractivity contribution < 1.29 is 27.4 Å². The van der Waals surface area contributed by atoms with Crippen molar-refractivity contribution in [3.63, 3.8) is 0 Å². The van der Waals surface area contributed by atoms with Crippen LogP contribution in [0.2, 0.25) is 0 Å². The molecule has 1 fully saturated rings. The normalized spacial score (nSPS) is 24.4. The number of hydrogen-bond acceptors (Lipinski definition) is 5. The molecule has 0 radical (unpaired) electrons. The lowest BCUT2D eigenvalue weighted by molar-refractivity contribution is -0.286. The van der Waals surface area contributed by atoms with Crippen molar-refractivity contribution in [3.05, 3.63) is 69.6 Å². The van der Waals surface area contributed by atoms with Gasteiger partial charge < -0.3 is 14.2 Å². The zero-order valence-corrected chi connectivity index (χ0v) is 16.1. The van der Waals surface area contributed by atoms with Gasteiger partial charge in [0.05, 0.1) is 6.54 Å². The number of nitrogens with zero attached hydrogens (tertiary/aromatic N) is 3. The van der Waals surface area contributed by atoms with Crippen LogP contribution in [0.25, 0.3) is 0 Å². The summed E-state index contributed by atoms with van der Waals surface area (Å²) in [5.74, 6) is -0.453. The van der Waals surface area contributed by atoms with Gasteiger partial charge in [0.15, 0.2) is 11.5 Å². The van der Waals surface area contributed by atoms with Crippen molar-refractivity contribution in [3.8, 4) is 11.5 Å². The molecule has 2 atom stereocenters. The maximum absolute atomic E-state index is 13.4. The van der Waals surface area contributed by atoms with E-state index in [4.69, 9.17) is 4.74 Å². The molecule has 5 rings (SSSR count). The molecule has 28 heavy (non-hydrogen) atoms. The summed E-state index contributed by atoms with van der Waals surface area (Å²) in [5, 5.41) is 4.28. The molecular formula is C18H11F3IN3O3. The Hall–Kier alpha value is -2.34. The summed E-state index contributed by atoms with van der Waals surface area (Å²) >= 11 is 2.00. The van der Waals surface area contributed by atoms with Gasteiger partial charge in [-0.2, -0.15) is 0 Å². The highest BCUT2D eigenvalue weighted by Crippen LogP contribution is 2.59. The molecule has 0 amide bonds. The highest BCUT2D eigenvalue weighted by molar-refractivity contribution is 14.1. The summed E-state index contributed by atoms with van der Waals surface area (Å²) in [6, 6.07) is 10.5. The summed E-state index contributed by atoms with van der Waals surface area (Å²) in [4.78, 5) is 4.10. The Labute approximate surface area is 170 Å². The molecule has 2 aliphatic heterocycles. The molecule has 1 aromatic heterocycles. The Kier molecular flexibility index (Phi) is 3.85. The fourth-order valence-electron chi connectivity index (χ4n) is 3.39. The highest BCUT2D eigenvalue weighted by atomic mass is 127. The predicted molar refractivity (Wildman–Crippen MR) is 97.3 cm³/mol. The van der Waals surface area contributed by atoms with Crippen LogP contribution in [0, 0.1) is 9.65 Å². The SMILES string of the molecule is Fc1ccc(C2(Cn3cnc(I)n3)OC2c2ccc3c(c2)OC(F)(F)O3)cc1. The Morgan fingerprint density at radius 1 is 1.07 bits per heavy atom. The van der Waals surface area contributed by atoms with E-state index in [0.717, 1.165) is 5.56 Å². The van der Waals surface area contributed by atoms with Gasteiger partial charge >= 0.3 is 6.29 Å². The molecule has 0 saturated carbocycles. The van der Waals surface area contributed by atoms with E-state index in [1.165, 1.54) is 24.3 Å². The summed E-state index contributed by atoms with van der Waals surface area (Å²) < 4.78 is 57.2. The van der Waals surface area contributed by atoms with Gasteiger partial charge in [0, 0.05) is 22.6 Å². The Morgan fingerprint density at radius 3 is 2.54 bits per heavy atom. The zero-order valence-electron chi connectivity index (χ0n) is 14.0. The van der Waals surface area contributed by atoms with Gasteiger partial charge in [-0.25, -0.2) is 14.1 Å². The number of ether oxygens (including phenoxy) is 3. The van der Waals surface area contributed by atoms with Crippen LogP contribution >= 0.6 is 22.6 Å². The molecule has 0 spiro atoms. The molecule has 144 valence electrons. The molecular weight excluding hydrogens is 490 g/mol. The van der Waals surface area contributed by atoms with Crippen LogP contribution in [-0.4, -0.2) is 21.1 Å². The van der Waals surface area contributed by atoms with Gasteiger partial charge in [0.25, 0.3) is 0 Å². The van der Waals surface area contributed by atoms with E-state index in [0.29, 0.717) is 15.9 Å². The van der Waals surface area contributed by atoms with Crippen LogP contribution in [0.4, 0.5) is 13.2 Å². The number of epoxide rings is 1. The van der Waals surface area contributed by atoms with Crippen molar-refractivity contribution in [2.24, 2.45) is 0 Å². The minimum Gasteiger partial charge on any atom is -0.395 e. The summed E-state index contributed by atoms with van der Waals surface area (Å²) in [6.07, 6.45) is -2.56. The van der Waals surface area contributed by atoms with Crippen molar-refractivity contribution >= 4 is 22.6 Å². The maximum Gasteiger partial charge on any atom is 0.586 e. The standard InChI is InChI=1S/C18H11F3IN3O3/c19-12-4-2-11(3-5-12)17(8-25-9-23-16(22)24-25)15(28-17)10-1-6-13-14(7-10)27-18(20,21)26-13/h1-7,9,15H,8H2. The number of halogens is 4. The first kappa shape index (κ1) is 17.7. The van der Waals surface area contributed by atoms with Gasteiger partial charge in [0.2, 0.25) is 3.83 Å². The molecule has 2 aromatic carbocycles. The topological polar surface area (TPSA) is 61.7 Å². The molecule has 3 aromatic rings. The second kappa shape index (κ2) is 6.08. The van der Waals surface area contributed by atoms with E-state index in [1.54, 1.807) is 29.2 Å². The van der Waals surface area contributed by atoms with Crippen LogP contribution in [-0.2, 0) is 16.9 Å². The van der Waals surface area contributed by atoms with Crippen LogP contribution in [0.3, 0.4) is 0 Å². The lowest BCUT2D eigenvalue weighted by Gasteiger charge is -2.14. The van der Waals surface area contributed by atoms with Gasteiger partial charge in [-0.15, -0.1) is 13.9 Å². The van der Waals surface area contributed by atoms with Crippen molar-refractivity contribution in [1.29, 1.82) is 0 Å². The van der Waals surface area contributed by atoms with E-state index < -0.39 is 18.0 Å². The van der Waals surface area contributed by atoms with Gasteiger partial charge in [0.1, 0.15) is 23.8 Å². The molecule has 0 N–H and O–H groups in total. The number of aromatic nitrogens is 3. The largest absolute Gasteiger partial charge is 0.586 e. The third-order valence-electron chi connectivity index (χ3n) is 4.66. The molecule has 3 heterocycles. The minimum absolute atomic E-state index is 0.0346. The average molecular weight is 501 g/mol. The second-order valence-corrected chi connectivity index (χ2v) is 7.44. The van der Waals surface area contributed by atoms with Crippen LogP contribution < -0.4 is 9.47 Å². The first-order valence-corrected chi connectivity index (χ1v) is 9.31. The Bertz CT molecular complexity index is 1060. The number of benzene rings is 2. The first-order valence-electron chi connectivity index (χ1n) is 8.23. The highest BCUT2D eigenvalue weighted by Gasteiger charge is 2.59. The van der Waals surface area contributed by atoms with Gasteiger partial charge in [-0.3, -0.25) is 0 Å². The molecule has 10 heteroatoms. The molecule has 6 nitrogen and oxygen atoms in total. The molecule has 1 saturated heterocycles. The van der Waals surface area contributed by atoms with Gasteiger partial charge in [-0.1, -0.05) is 18.2 Å². The molecule has 0 bridgehead atoms. The lowest BCUT2D eigenvalue weighted by atomic mass is 9.91. The Balaban J connectivity index is 1.50. The van der Waals surface area contributed by atoms with E-state index in [9.17, 15) is 13.2 Å². The summed E-state index contributed by atoms with van der Waals surface area (Å²) in [6.45, 7) is 0.323. The summed E-state index contributed by atoms with van der Waals surface area (Å²) in [5.41, 5.74) is 0.548. The Morgan fingerprint density at radius 2 is 1.82 bits per heavy atom. The van der Waals surface area contributed by atoms with Crippen LogP contribution in [0.15, 0.2) is 48.8 Å². The molecule has 0 aliphatic carbocycles. The van der Waals surface area contributed by atoms with Crippen LogP contribution in [0.5, 0.6) is 11.5 Å². The smallest absolute Gasteiger partial charge is 0.395 e. The second-order valence-electron chi connectivity index (χ2n) is 6.48. The number of alkyl halides is 2. The van der Waals surface area contributed by atoms with Crippen molar-refractivity contribution in [1.82, 2.24) is 14.8 Å². The lowest BCUT2D eigenvalue weighted by Crippen LogP contribution is -2.25. The quantitative estimate of drug-likeness (QED) is 0.400. The molecule has 2 unspecified atom stereocenters. The minimum atomic E-state index is -3.68. The zero-order chi connectivity index (χ0) is 19.5. The maximum atomic E-state index is 13.4. The number of rotatable bonds is 4. The third kappa shape index (κ3) is 3.00. The van der Waals surface area contributed by atoms with E-state index in [2.05, 4.69) is 19.6 Å². The first-order chi connectivity index (χ1) is 13.3. The van der Waals surface area contributed by atoms with E-state index >= 15 is 0 Å². The third-order valence-corrected chi connectivity index (χ3v) is 5.16. The fraction of sp³-hybridized carbons (Fsp3) is 0.222. The van der Waals surface area contributed by atoms with Crippen molar-refractivity contribution in [2.75, 3.05) is 0 Å². The average Bonchev–Trinajstić information content (AvgIpc) is 3.06. The van der Waals surface area contributed by atoms with E-state index in [-0.39, 0.29) is 17.3 Å². The monoisotopic (exact) mass is 501 g/mol. The van der Waals surface area contributed by atoms with Gasteiger partial charge in [-0.05, 0) is 35.4 Å². The predicted octanol–water partition coefficient (Wildman–Crippen LogP) is 4.01. The fourth-order valence-corrected chi connectivity index (χ4v) is 3.80. The van der Waals surface area contributed by atoms with E-state index in [1.807, 2.05) is 22.6 Å². The number of hydrogen-bond donors (Lipinski definition) is 0.